The van der Waals surface area contributed by atoms with Gasteiger partial charge in [0, 0.05) is 11.3 Å². The fraction of sp³-hybridized carbons (Fsp3) is 0.105. The van der Waals surface area contributed by atoms with Gasteiger partial charge in [-0.1, -0.05) is 95.5 Å². The first-order chi connectivity index (χ1) is 11.4. The highest BCUT2D eigenvalue weighted by Crippen LogP contribution is 2.41. The van der Waals surface area contributed by atoms with Crippen LogP contribution in [0.25, 0.3) is 22.4 Å². The van der Waals surface area contributed by atoms with Crippen LogP contribution in [-0.4, -0.2) is 14.6 Å². The zero-order chi connectivity index (χ0) is 17.3. The Bertz CT molecular complexity index is 865. The number of hydrogen-bond donors (Lipinski definition) is 1. The average Bonchev–Trinajstić information content (AvgIpc) is 2.92. The van der Waals surface area contributed by atoms with Crippen molar-refractivity contribution in [2.24, 2.45) is 0 Å². The Morgan fingerprint density at radius 1 is 0.875 bits per heavy atom. The van der Waals surface area contributed by atoms with Gasteiger partial charge >= 0.3 is 0 Å². The summed E-state index contributed by atoms with van der Waals surface area (Å²) in [5, 5.41) is 0. The highest BCUT2D eigenvalue weighted by atomic mass is 35.6. The summed E-state index contributed by atoms with van der Waals surface area (Å²) in [5.41, 5.74) is 4.50. The molecular weight excluding hydrogens is 365 g/mol. The molecule has 1 N–H and O–H groups in total. The van der Waals surface area contributed by atoms with Crippen molar-refractivity contribution in [1.29, 1.82) is 0 Å². The van der Waals surface area contributed by atoms with Crippen molar-refractivity contribution >= 4 is 40.6 Å². The fourth-order valence-corrected chi connectivity index (χ4v) is 3.05. The summed E-state index contributed by atoms with van der Waals surface area (Å²) in [6.45, 7) is 1.81. The lowest BCUT2D eigenvalue weighted by Gasteiger charge is -2.12. The van der Waals surface area contributed by atoms with Crippen molar-refractivity contribution in [2.75, 3.05) is 0 Å². The topological polar surface area (TPSA) is 32.9 Å². The number of aryl methyl sites for hydroxylation is 1. The van der Waals surface area contributed by atoms with Crippen LogP contribution in [0.4, 0.5) is 0 Å². The normalized spacial score (nSPS) is 11.5. The second-order valence-electron chi connectivity index (χ2n) is 5.43. The lowest BCUT2D eigenvalue weighted by molar-refractivity contribution is 0.0996. The molecule has 0 spiro atoms. The summed E-state index contributed by atoms with van der Waals surface area (Å²) in [5.74, 6) is -0.540. The fourth-order valence-electron chi connectivity index (χ4n) is 2.77. The van der Waals surface area contributed by atoms with E-state index in [9.17, 15) is 4.79 Å². The number of nitrogens with one attached hydrogen (secondary N) is 1. The molecule has 0 fully saturated rings. The molecule has 3 aromatic rings. The number of benzene rings is 2. The van der Waals surface area contributed by atoms with E-state index in [0.29, 0.717) is 11.3 Å². The van der Waals surface area contributed by atoms with E-state index in [1.54, 1.807) is 0 Å². The van der Waals surface area contributed by atoms with Crippen molar-refractivity contribution in [2.45, 2.75) is 10.7 Å². The van der Waals surface area contributed by atoms with Gasteiger partial charge in [-0.15, -0.1) is 0 Å². The van der Waals surface area contributed by atoms with Crippen LogP contribution in [0.3, 0.4) is 0 Å². The Balaban J connectivity index is 2.31. The van der Waals surface area contributed by atoms with E-state index in [2.05, 4.69) is 4.98 Å². The summed E-state index contributed by atoms with van der Waals surface area (Å²) >= 11 is 17.6. The molecular formula is C19H14Cl3NO. The predicted octanol–water partition coefficient (Wildman–Crippen LogP) is 6.21. The molecule has 0 aliphatic heterocycles. The van der Waals surface area contributed by atoms with Crippen LogP contribution in [0.1, 0.15) is 16.1 Å². The molecule has 0 radical (unpaired) electrons. The number of Topliss-reactive ketones (excluding diaryl/α,β-unsaturated/α-hetero) is 1. The van der Waals surface area contributed by atoms with Gasteiger partial charge in [0.15, 0.2) is 0 Å². The Hall–Kier alpha value is -1.74. The van der Waals surface area contributed by atoms with Crippen LogP contribution < -0.4 is 0 Å². The van der Waals surface area contributed by atoms with Crippen molar-refractivity contribution in [3.8, 4) is 22.4 Å². The molecule has 5 heteroatoms. The molecule has 0 unspecified atom stereocenters. The van der Waals surface area contributed by atoms with E-state index in [4.69, 9.17) is 34.8 Å². The van der Waals surface area contributed by atoms with Crippen LogP contribution in [-0.2, 0) is 0 Å². The van der Waals surface area contributed by atoms with Gasteiger partial charge in [0.2, 0.25) is 5.78 Å². The van der Waals surface area contributed by atoms with Crippen LogP contribution in [0, 0.1) is 6.92 Å². The standard InChI is InChI=1S/C19H14Cl3NO/c1-12-15(18(24)19(20,21)22)16(13-8-4-2-5-9-13)17(23-12)14-10-6-3-7-11-14/h2-11,23H,1H3. The summed E-state index contributed by atoms with van der Waals surface area (Å²) in [6.07, 6.45) is 0. The molecule has 0 bridgehead atoms. The van der Waals surface area contributed by atoms with E-state index < -0.39 is 9.58 Å². The minimum atomic E-state index is -2.01. The largest absolute Gasteiger partial charge is 0.357 e. The molecule has 0 aliphatic carbocycles. The maximum absolute atomic E-state index is 12.7. The molecule has 1 aromatic heterocycles. The second kappa shape index (κ2) is 6.64. The molecule has 0 saturated carbocycles. The lowest BCUT2D eigenvalue weighted by Crippen LogP contribution is -2.20. The number of aromatic amines is 1. The number of alkyl halides is 3. The third kappa shape index (κ3) is 3.23. The highest BCUT2D eigenvalue weighted by molar-refractivity contribution is 6.77. The van der Waals surface area contributed by atoms with Crippen molar-refractivity contribution in [3.05, 3.63) is 71.9 Å². The quantitative estimate of drug-likeness (QED) is 0.426. The monoisotopic (exact) mass is 377 g/mol. The Morgan fingerprint density at radius 3 is 1.88 bits per heavy atom. The number of rotatable bonds is 3. The van der Waals surface area contributed by atoms with E-state index in [-0.39, 0.29) is 0 Å². The van der Waals surface area contributed by atoms with Crippen LogP contribution in [0.5, 0.6) is 0 Å². The smallest absolute Gasteiger partial charge is 0.253 e. The van der Waals surface area contributed by atoms with Gasteiger partial charge in [-0.2, -0.15) is 0 Å². The Labute approximate surface area is 155 Å². The zero-order valence-electron chi connectivity index (χ0n) is 12.8. The van der Waals surface area contributed by atoms with Gasteiger partial charge < -0.3 is 4.98 Å². The first kappa shape index (κ1) is 17.1. The minimum absolute atomic E-state index is 0.403. The van der Waals surface area contributed by atoms with Crippen molar-refractivity contribution < 1.29 is 4.79 Å². The molecule has 0 saturated heterocycles. The number of carbonyl (C=O) groups excluding carboxylic acids is 1. The number of hydrogen-bond acceptors (Lipinski definition) is 1. The van der Waals surface area contributed by atoms with E-state index in [1.165, 1.54) is 0 Å². The molecule has 0 aliphatic rings. The first-order valence-corrected chi connectivity index (χ1v) is 8.48. The lowest BCUT2D eigenvalue weighted by atomic mass is 9.95. The minimum Gasteiger partial charge on any atom is -0.357 e. The maximum Gasteiger partial charge on any atom is 0.253 e. The van der Waals surface area contributed by atoms with Gasteiger partial charge in [-0.05, 0) is 18.1 Å². The molecule has 2 nitrogen and oxygen atoms in total. The molecule has 0 atom stereocenters. The molecule has 122 valence electrons. The zero-order valence-corrected chi connectivity index (χ0v) is 15.1. The molecule has 3 rings (SSSR count). The number of aromatic nitrogens is 1. The van der Waals surface area contributed by atoms with Gasteiger partial charge in [0.25, 0.3) is 3.79 Å². The van der Waals surface area contributed by atoms with Crippen LogP contribution >= 0.6 is 34.8 Å². The number of ketones is 1. The summed E-state index contributed by atoms with van der Waals surface area (Å²) in [7, 11) is 0. The highest BCUT2D eigenvalue weighted by Gasteiger charge is 2.36. The number of halogens is 3. The van der Waals surface area contributed by atoms with Crippen molar-refractivity contribution in [3.63, 3.8) is 0 Å². The molecule has 0 amide bonds. The maximum atomic E-state index is 12.7. The second-order valence-corrected chi connectivity index (χ2v) is 7.72. The van der Waals surface area contributed by atoms with Crippen LogP contribution in [0.2, 0.25) is 0 Å². The van der Waals surface area contributed by atoms with Gasteiger partial charge in [0.05, 0.1) is 11.3 Å². The van der Waals surface area contributed by atoms with Crippen molar-refractivity contribution in [1.82, 2.24) is 4.98 Å². The molecule has 24 heavy (non-hydrogen) atoms. The number of carbonyl (C=O) groups is 1. The summed E-state index contributed by atoms with van der Waals surface area (Å²) in [4.78, 5) is 16.0. The van der Waals surface area contributed by atoms with E-state index in [1.807, 2.05) is 67.6 Å². The van der Waals surface area contributed by atoms with Gasteiger partial charge in [-0.3, -0.25) is 4.79 Å². The third-order valence-corrected chi connectivity index (χ3v) is 4.31. The predicted molar refractivity (Wildman–Crippen MR) is 101 cm³/mol. The summed E-state index contributed by atoms with van der Waals surface area (Å²) in [6, 6.07) is 19.4. The first-order valence-electron chi connectivity index (χ1n) is 7.34. The SMILES string of the molecule is Cc1[nH]c(-c2ccccc2)c(-c2ccccc2)c1C(=O)C(Cl)(Cl)Cl. The average molecular weight is 379 g/mol. The third-order valence-electron chi connectivity index (χ3n) is 3.80. The van der Waals surface area contributed by atoms with E-state index in [0.717, 1.165) is 22.4 Å². The van der Waals surface area contributed by atoms with Crippen LogP contribution in [0.15, 0.2) is 60.7 Å². The molecule has 1 heterocycles. The van der Waals surface area contributed by atoms with Gasteiger partial charge in [-0.25, -0.2) is 0 Å². The Kier molecular flexibility index (Phi) is 4.73. The number of H-pyrrole nitrogens is 1. The van der Waals surface area contributed by atoms with E-state index >= 15 is 0 Å². The molecule has 2 aromatic carbocycles. The van der Waals surface area contributed by atoms with Gasteiger partial charge in [0.1, 0.15) is 0 Å². The Morgan fingerprint density at radius 2 is 1.38 bits per heavy atom. The summed E-state index contributed by atoms with van der Waals surface area (Å²) < 4.78 is -2.01.